The molecule has 1 atom stereocenters. The fourth-order valence-corrected chi connectivity index (χ4v) is 3.32. The van der Waals surface area contributed by atoms with Crippen LogP contribution < -0.4 is 10.1 Å². The van der Waals surface area contributed by atoms with Crippen molar-refractivity contribution in [2.45, 2.75) is 39.3 Å². The standard InChI is InChI=1S/C21H25BrN2O4/c1-14(2)20(25)23-16-4-3-11-24(12-16)21(26)19-10-9-18(28-19)13-27-17-7-5-15(22)6-8-17/h5-10,14,16H,3-4,11-13H2,1-2H3,(H,23,25). The van der Waals surface area contributed by atoms with Gasteiger partial charge in [-0.2, -0.15) is 0 Å². The topological polar surface area (TPSA) is 71.8 Å². The van der Waals surface area contributed by atoms with Crippen molar-refractivity contribution in [2.75, 3.05) is 13.1 Å². The molecule has 2 amide bonds. The van der Waals surface area contributed by atoms with E-state index in [9.17, 15) is 9.59 Å². The van der Waals surface area contributed by atoms with E-state index < -0.39 is 0 Å². The number of hydrogen-bond donors (Lipinski definition) is 1. The average molecular weight is 449 g/mol. The molecular formula is C21H25BrN2O4. The Morgan fingerprint density at radius 3 is 2.71 bits per heavy atom. The molecule has 1 saturated heterocycles. The molecule has 3 rings (SSSR count). The number of carbonyl (C=O) groups excluding carboxylic acids is 2. The number of amides is 2. The lowest BCUT2D eigenvalue weighted by atomic mass is 10.0. The van der Waals surface area contributed by atoms with Gasteiger partial charge in [-0.1, -0.05) is 29.8 Å². The minimum absolute atomic E-state index is 0.0113. The van der Waals surface area contributed by atoms with Crippen LogP contribution in [-0.4, -0.2) is 35.8 Å². The number of rotatable bonds is 6. The van der Waals surface area contributed by atoms with Gasteiger partial charge in [-0.25, -0.2) is 0 Å². The van der Waals surface area contributed by atoms with Crippen LogP contribution in [0.2, 0.25) is 0 Å². The average Bonchev–Trinajstić information content (AvgIpc) is 3.16. The number of benzene rings is 1. The van der Waals surface area contributed by atoms with Crippen LogP contribution in [0.5, 0.6) is 5.75 Å². The molecule has 1 unspecified atom stereocenters. The van der Waals surface area contributed by atoms with Gasteiger partial charge in [-0.3, -0.25) is 9.59 Å². The van der Waals surface area contributed by atoms with Gasteiger partial charge >= 0.3 is 0 Å². The van der Waals surface area contributed by atoms with Gasteiger partial charge in [0.25, 0.3) is 5.91 Å². The van der Waals surface area contributed by atoms with Crippen LogP contribution in [0.1, 0.15) is 43.0 Å². The molecule has 28 heavy (non-hydrogen) atoms. The number of hydrogen-bond acceptors (Lipinski definition) is 4. The van der Waals surface area contributed by atoms with Crippen molar-refractivity contribution in [3.8, 4) is 5.75 Å². The first-order valence-corrected chi connectivity index (χ1v) is 10.3. The summed E-state index contributed by atoms with van der Waals surface area (Å²) in [5.74, 6) is 1.41. The first kappa shape index (κ1) is 20.5. The van der Waals surface area contributed by atoms with Gasteiger partial charge < -0.3 is 19.4 Å². The summed E-state index contributed by atoms with van der Waals surface area (Å²) in [5, 5.41) is 3.02. The lowest BCUT2D eigenvalue weighted by Crippen LogP contribution is -2.50. The minimum atomic E-state index is -0.154. The molecule has 1 aromatic heterocycles. The van der Waals surface area contributed by atoms with Crippen LogP contribution in [0.4, 0.5) is 0 Å². The Morgan fingerprint density at radius 1 is 1.25 bits per heavy atom. The van der Waals surface area contributed by atoms with E-state index in [4.69, 9.17) is 9.15 Å². The number of ether oxygens (including phenoxy) is 1. The third kappa shape index (κ3) is 5.38. The quantitative estimate of drug-likeness (QED) is 0.724. The monoisotopic (exact) mass is 448 g/mol. The summed E-state index contributed by atoms with van der Waals surface area (Å²) in [5.41, 5.74) is 0. The van der Waals surface area contributed by atoms with Gasteiger partial charge in [-0.05, 0) is 49.2 Å². The second-order valence-electron chi connectivity index (χ2n) is 7.26. The summed E-state index contributed by atoms with van der Waals surface area (Å²) in [6, 6.07) is 10.9. The van der Waals surface area contributed by atoms with Crippen molar-refractivity contribution in [1.82, 2.24) is 10.2 Å². The van der Waals surface area contributed by atoms with E-state index in [0.29, 0.717) is 24.6 Å². The lowest BCUT2D eigenvalue weighted by molar-refractivity contribution is -0.125. The van der Waals surface area contributed by atoms with Crippen molar-refractivity contribution in [3.05, 3.63) is 52.4 Å². The summed E-state index contributed by atoms with van der Waals surface area (Å²) in [6.45, 7) is 5.15. The maximum Gasteiger partial charge on any atom is 0.289 e. The van der Waals surface area contributed by atoms with Crippen LogP contribution in [0.25, 0.3) is 0 Å². The first-order valence-electron chi connectivity index (χ1n) is 9.49. The normalized spacial score (nSPS) is 16.9. The van der Waals surface area contributed by atoms with Gasteiger partial charge in [0, 0.05) is 29.5 Å². The van der Waals surface area contributed by atoms with Crippen LogP contribution in [0, 0.1) is 5.92 Å². The zero-order valence-electron chi connectivity index (χ0n) is 16.1. The molecule has 0 bridgehead atoms. The predicted octanol–water partition coefficient (Wildman–Crippen LogP) is 4.00. The van der Waals surface area contributed by atoms with E-state index >= 15 is 0 Å². The number of nitrogens with zero attached hydrogens (tertiary/aromatic N) is 1. The molecule has 0 spiro atoms. The largest absolute Gasteiger partial charge is 0.486 e. The summed E-state index contributed by atoms with van der Waals surface area (Å²) in [6.07, 6.45) is 1.74. The van der Waals surface area contributed by atoms with E-state index in [-0.39, 0.29) is 30.4 Å². The van der Waals surface area contributed by atoms with Crippen molar-refractivity contribution in [1.29, 1.82) is 0 Å². The molecule has 2 heterocycles. The molecule has 1 aliphatic heterocycles. The van der Waals surface area contributed by atoms with E-state index in [2.05, 4.69) is 21.2 Å². The Bertz CT molecular complexity index is 816. The van der Waals surface area contributed by atoms with Crippen molar-refractivity contribution in [2.24, 2.45) is 5.92 Å². The van der Waals surface area contributed by atoms with Crippen LogP contribution >= 0.6 is 15.9 Å². The smallest absolute Gasteiger partial charge is 0.289 e. The van der Waals surface area contributed by atoms with Crippen molar-refractivity contribution >= 4 is 27.7 Å². The van der Waals surface area contributed by atoms with Gasteiger partial charge in [-0.15, -0.1) is 0 Å². The summed E-state index contributed by atoms with van der Waals surface area (Å²) in [4.78, 5) is 26.4. The molecule has 0 aliphatic carbocycles. The van der Waals surface area contributed by atoms with E-state index in [0.717, 1.165) is 23.1 Å². The van der Waals surface area contributed by atoms with Crippen LogP contribution in [-0.2, 0) is 11.4 Å². The number of furan rings is 1. The highest BCUT2D eigenvalue weighted by molar-refractivity contribution is 9.10. The summed E-state index contributed by atoms with van der Waals surface area (Å²) >= 11 is 3.38. The Kier molecular flexibility index (Phi) is 6.78. The zero-order chi connectivity index (χ0) is 20.1. The Labute approximate surface area is 173 Å². The van der Waals surface area contributed by atoms with Gasteiger partial charge in [0.05, 0.1) is 0 Å². The fraction of sp³-hybridized carbons (Fsp3) is 0.429. The highest BCUT2D eigenvalue weighted by atomic mass is 79.9. The highest BCUT2D eigenvalue weighted by Crippen LogP contribution is 2.20. The maximum atomic E-state index is 12.8. The van der Waals surface area contributed by atoms with Crippen molar-refractivity contribution in [3.63, 3.8) is 0 Å². The second-order valence-corrected chi connectivity index (χ2v) is 8.18. The third-order valence-electron chi connectivity index (χ3n) is 4.65. The number of halogens is 1. The molecule has 7 heteroatoms. The van der Waals surface area contributed by atoms with E-state index in [1.807, 2.05) is 38.1 Å². The summed E-state index contributed by atoms with van der Waals surface area (Å²) < 4.78 is 12.3. The molecule has 1 aliphatic rings. The second kappa shape index (κ2) is 9.28. The molecule has 6 nitrogen and oxygen atoms in total. The van der Waals surface area contributed by atoms with Gasteiger partial charge in [0.2, 0.25) is 5.91 Å². The number of piperidine rings is 1. The molecule has 1 fully saturated rings. The number of carbonyl (C=O) groups is 2. The maximum absolute atomic E-state index is 12.8. The highest BCUT2D eigenvalue weighted by Gasteiger charge is 2.27. The lowest BCUT2D eigenvalue weighted by Gasteiger charge is -2.33. The molecule has 0 saturated carbocycles. The zero-order valence-corrected chi connectivity index (χ0v) is 17.7. The Morgan fingerprint density at radius 2 is 2.00 bits per heavy atom. The van der Waals surface area contributed by atoms with Crippen LogP contribution in [0.15, 0.2) is 45.3 Å². The number of nitrogens with one attached hydrogen (secondary N) is 1. The van der Waals surface area contributed by atoms with Gasteiger partial charge in [0.15, 0.2) is 5.76 Å². The first-order chi connectivity index (χ1) is 13.4. The predicted molar refractivity (Wildman–Crippen MR) is 109 cm³/mol. The minimum Gasteiger partial charge on any atom is -0.486 e. The fourth-order valence-electron chi connectivity index (χ4n) is 3.06. The third-order valence-corrected chi connectivity index (χ3v) is 5.18. The Hall–Kier alpha value is -2.28. The van der Waals surface area contributed by atoms with E-state index in [1.54, 1.807) is 17.0 Å². The van der Waals surface area contributed by atoms with Crippen molar-refractivity contribution < 1.29 is 18.7 Å². The van der Waals surface area contributed by atoms with Gasteiger partial charge in [0.1, 0.15) is 18.1 Å². The molecule has 1 N–H and O–H groups in total. The molecule has 150 valence electrons. The number of likely N-dealkylation sites (tertiary alicyclic amines) is 1. The van der Waals surface area contributed by atoms with E-state index in [1.165, 1.54) is 0 Å². The Balaban J connectivity index is 1.55. The molecule has 1 aromatic carbocycles. The molecule has 2 aromatic rings. The SMILES string of the molecule is CC(C)C(=O)NC1CCCN(C(=O)c2ccc(COc3ccc(Br)cc3)o2)C1. The summed E-state index contributed by atoms with van der Waals surface area (Å²) in [7, 11) is 0. The van der Waals surface area contributed by atoms with Crippen LogP contribution in [0.3, 0.4) is 0 Å². The molecule has 0 radical (unpaired) electrons. The molecular weight excluding hydrogens is 424 g/mol.